The predicted molar refractivity (Wildman–Crippen MR) is 93.3 cm³/mol. The second kappa shape index (κ2) is 6.91. The Bertz CT molecular complexity index is 579. The number of hydrogen-bond donors (Lipinski definition) is 1. The number of benzene rings is 1. The Balaban J connectivity index is 1.95. The number of nitrogens with zero attached hydrogens (tertiary/aromatic N) is 1. The number of ether oxygens (including phenoxy) is 1. The van der Waals surface area contributed by atoms with Crippen molar-refractivity contribution in [2.24, 2.45) is 0 Å². The summed E-state index contributed by atoms with van der Waals surface area (Å²) in [4.78, 5) is 14.8. The van der Waals surface area contributed by atoms with Gasteiger partial charge in [0.1, 0.15) is 0 Å². The third kappa shape index (κ3) is 2.97. The molecule has 0 saturated heterocycles. The van der Waals surface area contributed by atoms with Gasteiger partial charge in [0.15, 0.2) is 0 Å². The van der Waals surface area contributed by atoms with Gasteiger partial charge < -0.3 is 15.0 Å². The second-order valence-corrected chi connectivity index (χ2v) is 6.75. The zero-order valence-electron chi connectivity index (χ0n) is 14.5. The van der Waals surface area contributed by atoms with Crippen LogP contribution >= 0.6 is 0 Å². The van der Waals surface area contributed by atoms with Crippen LogP contribution in [0.25, 0.3) is 0 Å². The van der Waals surface area contributed by atoms with Gasteiger partial charge in [-0.15, -0.1) is 0 Å². The molecule has 2 unspecified atom stereocenters. The number of anilines is 1. The zero-order valence-corrected chi connectivity index (χ0v) is 14.5. The molecule has 1 aromatic rings. The number of methoxy groups -OCH3 is 1. The SMILES string of the molecule is CCCN(CCC)C1Cc2c(C(=O)OC)ccc3c2C(CN3)C1. The van der Waals surface area contributed by atoms with Crippen LogP contribution in [-0.4, -0.2) is 43.7 Å². The highest BCUT2D eigenvalue weighted by atomic mass is 16.5. The lowest BCUT2D eigenvalue weighted by Crippen LogP contribution is -2.41. The van der Waals surface area contributed by atoms with Gasteiger partial charge >= 0.3 is 5.97 Å². The molecule has 23 heavy (non-hydrogen) atoms. The van der Waals surface area contributed by atoms with E-state index in [2.05, 4.69) is 24.1 Å². The van der Waals surface area contributed by atoms with Crippen LogP contribution in [0.15, 0.2) is 12.1 Å². The van der Waals surface area contributed by atoms with Crippen molar-refractivity contribution in [1.29, 1.82) is 0 Å². The van der Waals surface area contributed by atoms with Crippen LogP contribution in [0.2, 0.25) is 0 Å². The Morgan fingerprint density at radius 2 is 2.04 bits per heavy atom. The van der Waals surface area contributed by atoms with Gasteiger partial charge in [-0.3, -0.25) is 0 Å². The highest BCUT2D eigenvalue weighted by Gasteiger charge is 2.37. The highest BCUT2D eigenvalue weighted by molar-refractivity contribution is 5.93. The summed E-state index contributed by atoms with van der Waals surface area (Å²) in [6, 6.07) is 4.51. The number of nitrogens with one attached hydrogen (secondary N) is 1. The van der Waals surface area contributed by atoms with Crippen molar-refractivity contribution < 1.29 is 9.53 Å². The summed E-state index contributed by atoms with van der Waals surface area (Å²) in [5.41, 5.74) is 4.57. The minimum Gasteiger partial charge on any atom is -0.465 e. The van der Waals surface area contributed by atoms with Crippen LogP contribution in [0.3, 0.4) is 0 Å². The van der Waals surface area contributed by atoms with Crippen molar-refractivity contribution in [1.82, 2.24) is 4.90 Å². The molecule has 0 radical (unpaired) electrons. The molecule has 2 atom stereocenters. The van der Waals surface area contributed by atoms with Gasteiger partial charge in [0.25, 0.3) is 0 Å². The van der Waals surface area contributed by atoms with Gasteiger partial charge in [0.2, 0.25) is 0 Å². The van der Waals surface area contributed by atoms with Crippen LogP contribution in [0.5, 0.6) is 0 Å². The molecule has 0 saturated carbocycles. The highest BCUT2D eigenvalue weighted by Crippen LogP contribution is 2.44. The molecule has 0 aromatic heterocycles. The summed E-state index contributed by atoms with van der Waals surface area (Å²) < 4.78 is 5.02. The van der Waals surface area contributed by atoms with Crippen LogP contribution in [0.4, 0.5) is 5.69 Å². The minimum atomic E-state index is -0.202. The molecule has 0 spiro atoms. The summed E-state index contributed by atoms with van der Waals surface area (Å²) >= 11 is 0. The first-order chi connectivity index (χ1) is 11.2. The lowest BCUT2D eigenvalue weighted by Gasteiger charge is -2.37. The standard InChI is InChI=1S/C19H28N2O2/c1-4-8-21(9-5-2)14-10-13-12-20-17-7-6-15(19(22)23-3)16(11-14)18(13)17/h6-7,13-14,20H,4-5,8-12H2,1-3H3. The summed E-state index contributed by atoms with van der Waals surface area (Å²) in [6.45, 7) is 7.76. The molecule has 0 amide bonds. The number of carbonyl (C=O) groups excluding carboxylic acids is 1. The molecule has 3 rings (SSSR count). The van der Waals surface area contributed by atoms with E-state index in [4.69, 9.17) is 4.74 Å². The second-order valence-electron chi connectivity index (χ2n) is 6.75. The third-order valence-corrected chi connectivity index (χ3v) is 5.24. The molecule has 2 aliphatic rings. The van der Waals surface area contributed by atoms with Gasteiger partial charge in [-0.25, -0.2) is 4.79 Å². The quantitative estimate of drug-likeness (QED) is 0.817. The Hall–Kier alpha value is -1.55. The van der Waals surface area contributed by atoms with E-state index >= 15 is 0 Å². The maximum absolute atomic E-state index is 12.2. The number of rotatable bonds is 6. The molecule has 1 N–H and O–H groups in total. The van der Waals surface area contributed by atoms with Crippen molar-refractivity contribution in [2.75, 3.05) is 32.1 Å². The Morgan fingerprint density at radius 3 is 2.70 bits per heavy atom. The summed E-state index contributed by atoms with van der Waals surface area (Å²) in [6.07, 6.45) is 4.51. The van der Waals surface area contributed by atoms with Crippen LogP contribution < -0.4 is 5.32 Å². The maximum Gasteiger partial charge on any atom is 0.338 e. The zero-order chi connectivity index (χ0) is 16.4. The topological polar surface area (TPSA) is 41.6 Å². The number of hydrogen-bond acceptors (Lipinski definition) is 4. The van der Waals surface area contributed by atoms with E-state index < -0.39 is 0 Å². The summed E-state index contributed by atoms with van der Waals surface area (Å²) in [5, 5.41) is 3.52. The van der Waals surface area contributed by atoms with E-state index in [1.54, 1.807) is 0 Å². The van der Waals surface area contributed by atoms with Gasteiger partial charge in [0, 0.05) is 24.2 Å². The fourth-order valence-corrected chi connectivity index (χ4v) is 4.32. The molecule has 126 valence electrons. The van der Waals surface area contributed by atoms with Gasteiger partial charge in [-0.05, 0) is 62.0 Å². The lowest BCUT2D eigenvalue weighted by molar-refractivity contribution is 0.0598. The van der Waals surface area contributed by atoms with Gasteiger partial charge in [0.05, 0.1) is 12.7 Å². The molecule has 4 heteroatoms. The molecular weight excluding hydrogens is 288 g/mol. The Morgan fingerprint density at radius 1 is 1.30 bits per heavy atom. The minimum absolute atomic E-state index is 0.202. The van der Waals surface area contributed by atoms with Crippen molar-refractivity contribution in [2.45, 2.75) is 51.5 Å². The largest absolute Gasteiger partial charge is 0.465 e. The fraction of sp³-hybridized carbons (Fsp3) is 0.632. The third-order valence-electron chi connectivity index (χ3n) is 5.24. The Kier molecular flexibility index (Phi) is 4.90. The summed E-state index contributed by atoms with van der Waals surface area (Å²) in [7, 11) is 1.47. The average molecular weight is 316 g/mol. The van der Waals surface area contributed by atoms with E-state index in [-0.39, 0.29) is 5.97 Å². The molecule has 1 aromatic carbocycles. The number of esters is 1. The van der Waals surface area contributed by atoms with Crippen molar-refractivity contribution in [3.05, 3.63) is 28.8 Å². The smallest absolute Gasteiger partial charge is 0.338 e. The van der Waals surface area contributed by atoms with E-state index in [1.807, 2.05) is 12.1 Å². The Labute approximate surface area is 139 Å². The van der Waals surface area contributed by atoms with Gasteiger partial charge in [-0.1, -0.05) is 13.8 Å². The summed E-state index contributed by atoms with van der Waals surface area (Å²) in [5.74, 6) is 0.325. The average Bonchev–Trinajstić information content (AvgIpc) is 2.98. The van der Waals surface area contributed by atoms with Gasteiger partial charge in [-0.2, -0.15) is 0 Å². The molecule has 4 nitrogen and oxygen atoms in total. The first-order valence-electron chi connectivity index (χ1n) is 8.91. The van der Waals surface area contributed by atoms with Crippen molar-refractivity contribution in [3.63, 3.8) is 0 Å². The number of carbonyl (C=O) groups is 1. The lowest BCUT2D eigenvalue weighted by atomic mass is 9.78. The van der Waals surface area contributed by atoms with Crippen LogP contribution in [0.1, 0.15) is 60.5 Å². The van der Waals surface area contributed by atoms with Crippen molar-refractivity contribution in [3.8, 4) is 0 Å². The molecule has 1 aliphatic carbocycles. The predicted octanol–water partition coefficient (Wildman–Crippen LogP) is 3.42. The van der Waals surface area contributed by atoms with E-state index in [0.717, 1.165) is 31.6 Å². The first-order valence-corrected chi connectivity index (χ1v) is 8.91. The van der Waals surface area contributed by atoms with Crippen molar-refractivity contribution >= 4 is 11.7 Å². The molecule has 0 bridgehead atoms. The first kappa shape index (κ1) is 16.3. The maximum atomic E-state index is 12.2. The fourth-order valence-electron chi connectivity index (χ4n) is 4.32. The molecule has 1 heterocycles. The van der Waals surface area contributed by atoms with Crippen LogP contribution in [0, 0.1) is 0 Å². The van der Waals surface area contributed by atoms with E-state index in [0.29, 0.717) is 12.0 Å². The normalized spacial score (nSPS) is 21.9. The molecule has 1 aliphatic heterocycles. The van der Waals surface area contributed by atoms with E-state index in [9.17, 15) is 4.79 Å². The molecular formula is C19H28N2O2. The van der Waals surface area contributed by atoms with E-state index in [1.165, 1.54) is 43.2 Å². The van der Waals surface area contributed by atoms with Crippen LogP contribution in [-0.2, 0) is 11.2 Å². The monoisotopic (exact) mass is 316 g/mol. The molecule has 0 fully saturated rings.